The monoisotopic (exact) mass is 396 g/mol. The highest BCUT2D eigenvalue weighted by molar-refractivity contribution is 5.70. The summed E-state index contributed by atoms with van der Waals surface area (Å²) in [6.07, 6.45) is 1.16. The summed E-state index contributed by atoms with van der Waals surface area (Å²) in [7, 11) is 1.62. The molecule has 0 amide bonds. The molecule has 0 bridgehead atoms. The van der Waals surface area contributed by atoms with Crippen LogP contribution in [0.2, 0.25) is 0 Å². The number of halogens is 1. The van der Waals surface area contributed by atoms with Gasteiger partial charge in [0.2, 0.25) is 5.95 Å². The first-order chi connectivity index (χ1) is 14.1. The van der Waals surface area contributed by atoms with Crippen LogP contribution in [0.4, 0.5) is 22.0 Å². The predicted molar refractivity (Wildman–Crippen MR) is 107 cm³/mol. The van der Waals surface area contributed by atoms with E-state index in [1.807, 2.05) is 42.2 Å². The topological polar surface area (TPSA) is 85.3 Å². The van der Waals surface area contributed by atoms with Crippen molar-refractivity contribution in [1.29, 1.82) is 0 Å². The minimum Gasteiger partial charge on any atom is -0.497 e. The largest absolute Gasteiger partial charge is 0.497 e. The second kappa shape index (κ2) is 8.36. The van der Waals surface area contributed by atoms with Crippen molar-refractivity contribution in [3.8, 4) is 16.9 Å². The quantitative estimate of drug-likeness (QED) is 0.705. The molecule has 8 nitrogen and oxygen atoms in total. The zero-order chi connectivity index (χ0) is 20.2. The molecular formula is C20H21FN6O2. The lowest BCUT2D eigenvalue weighted by Gasteiger charge is -2.26. The normalized spacial score (nSPS) is 14.0. The van der Waals surface area contributed by atoms with Crippen LogP contribution in [0.25, 0.3) is 11.1 Å². The van der Waals surface area contributed by atoms with Crippen molar-refractivity contribution < 1.29 is 13.9 Å². The van der Waals surface area contributed by atoms with E-state index in [9.17, 15) is 4.39 Å². The number of nitrogens with one attached hydrogen (secondary N) is 1. The average Bonchev–Trinajstić information content (AvgIpc) is 2.77. The predicted octanol–water partition coefficient (Wildman–Crippen LogP) is 2.97. The summed E-state index contributed by atoms with van der Waals surface area (Å²) in [5.41, 5.74) is 2.60. The second-order valence-corrected chi connectivity index (χ2v) is 6.55. The smallest absolute Gasteiger partial charge is 0.227 e. The van der Waals surface area contributed by atoms with Gasteiger partial charge in [0.05, 0.1) is 32.2 Å². The Balaban J connectivity index is 1.61. The minimum atomic E-state index is -0.560. The Bertz CT molecular complexity index is 993. The highest BCUT2D eigenvalue weighted by Gasteiger charge is 2.17. The van der Waals surface area contributed by atoms with Crippen molar-refractivity contribution in [2.24, 2.45) is 0 Å². The summed E-state index contributed by atoms with van der Waals surface area (Å²) < 4.78 is 24.9. The molecule has 1 aliphatic rings. The van der Waals surface area contributed by atoms with E-state index in [0.717, 1.165) is 28.8 Å². The van der Waals surface area contributed by atoms with Crippen molar-refractivity contribution in [3.63, 3.8) is 0 Å². The minimum absolute atomic E-state index is 0.0559. The lowest BCUT2D eigenvalue weighted by molar-refractivity contribution is 0.122. The Morgan fingerprint density at radius 2 is 1.90 bits per heavy atom. The zero-order valence-corrected chi connectivity index (χ0v) is 16.2. The third-order valence-electron chi connectivity index (χ3n) is 4.65. The fourth-order valence-corrected chi connectivity index (χ4v) is 3.06. The van der Waals surface area contributed by atoms with Crippen molar-refractivity contribution >= 4 is 17.6 Å². The van der Waals surface area contributed by atoms with Crippen LogP contribution in [0.3, 0.4) is 0 Å². The zero-order valence-electron chi connectivity index (χ0n) is 16.2. The van der Waals surface area contributed by atoms with Gasteiger partial charge in [0, 0.05) is 18.7 Å². The third-order valence-corrected chi connectivity index (χ3v) is 4.65. The Labute approximate surface area is 167 Å². The summed E-state index contributed by atoms with van der Waals surface area (Å²) in [4.78, 5) is 10.4. The summed E-state index contributed by atoms with van der Waals surface area (Å²) in [6.45, 7) is 4.39. The lowest BCUT2D eigenvalue weighted by Crippen LogP contribution is -2.37. The van der Waals surface area contributed by atoms with Crippen molar-refractivity contribution in [2.45, 2.75) is 6.92 Å². The standard InChI is InChI=1S/C20H21FN6O2/c1-13-16(14-3-5-15(28-2)6-4-14)11-18(26-25-13)23-19-17(21)12-22-20(24-19)27-7-9-29-10-8-27/h3-6,11-12H,7-10H2,1-2H3,(H,22,23,24,26). The maximum atomic E-state index is 14.3. The number of aryl methyl sites for hydroxylation is 1. The van der Waals surface area contributed by atoms with E-state index in [-0.39, 0.29) is 5.82 Å². The molecule has 2 aromatic heterocycles. The highest BCUT2D eigenvalue weighted by Crippen LogP contribution is 2.27. The molecule has 0 atom stereocenters. The molecule has 3 aromatic rings. The fourth-order valence-electron chi connectivity index (χ4n) is 3.06. The maximum Gasteiger partial charge on any atom is 0.227 e. The SMILES string of the molecule is COc1ccc(-c2cc(Nc3nc(N4CCOCC4)ncc3F)nnc2C)cc1. The van der Waals surface area contributed by atoms with Gasteiger partial charge in [-0.05, 0) is 30.7 Å². The van der Waals surface area contributed by atoms with Crippen molar-refractivity contribution in [2.75, 3.05) is 43.6 Å². The molecule has 1 saturated heterocycles. The summed E-state index contributed by atoms with van der Waals surface area (Å²) in [6, 6.07) is 9.45. The number of rotatable bonds is 5. The Hall–Kier alpha value is -3.33. The van der Waals surface area contributed by atoms with Gasteiger partial charge < -0.3 is 19.7 Å². The van der Waals surface area contributed by atoms with E-state index in [1.165, 1.54) is 0 Å². The molecule has 29 heavy (non-hydrogen) atoms. The molecular weight excluding hydrogens is 375 g/mol. The van der Waals surface area contributed by atoms with E-state index in [2.05, 4.69) is 25.5 Å². The van der Waals surface area contributed by atoms with Crippen LogP contribution < -0.4 is 15.0 Å². The summed E-state index contributed by atoms with van der Waals surface area (Å²) in [5.74, 6) is 1.11. The van der Waals surface area contributed by atoms with Gasteiger partial charge in [0.25, 0.3) is 0 Å². The highest BCUT2D eigenvalue weighted by atomic mass is 19.1. The molecule has 0 unspecified atom stereocenters. The molecule has 3 heterocycles. The van der Waals surface area contributed by atoms with Gasteiger partial charge in [-0.1, -0.05) is 12.1 Å². The number of ether oxygens (including phenoxy) is 2. The van der Waals surface area contributed by atoms with Gasteiger partial charge >= 0.3 is 0 Å². The van der Waals surface area contributed by atoms with Gasteiger partial charge in [-0.25, -0.2) is 9.37 Å². The third kappa shape index (κ3) is 4.24. The van der Waals surface area contributed by atoms with Crippen LogP contribution in [-0.2, 0) is 4.74 Å². The number of hydrogen-bond donors (Lipinski definition) is 1. The van der Waals surface area contributed by atoms with Crippen molar-refractivity contribution in [3.05, 3.63) is 48.0 Å². The molecule has 1 aromatic carbocycles. The van der Waals surface area contributed by atoms with Gasteiger partial charge in [-0.2, -0.15) is 10.1 Å². The molecule has 9 heteroatoms. The van der Waals surface area contributed by atoms with E-state index in [4.69, 9.17) is 9.47 Å². The number of methoxy groups -OCH3 is 1. The van der Waals surface area contributed by atoms with Crippen molar-refractivity contribution in [1.82, 2.24) is 20.2 Å². The molecule has 150 valence electrons. The number of hydrogen-bond acceptors (Lipinski definition) is 8. The van der Waals surface area contributed by atoms with E-state index in [1.54, 1.807) is 7.11 Å². The molecule has 1 fully saturated rings. The van der Waals surface area contributed by atoms with Crippen LogP contribution in [0.1, 0.15) is 5.69 Å². The average molecular weight is 396 g/mol. The molecule has 0 saturated carbocycles. The number of aromatic nitrogens is 4. The van der Waals surface area contributed by atoms with E-state index < -0.39 is 5.82 Å². The number of benzene rings is 1. The van der Waals surface area contributed by atoms with Gasteiger partial charge in [-0.3, -0.25) is 0 Å². The van der Waals surface area contributed by atoms with Gasteiger partial charge in [0.15, 0.2) is 17.5 Å². The molecule has 1 N–H and O–H groups in total. The summed E-state index contributed by atoms with van der Waals surface area (Å²) in [5, 5.41) is 11.3. The molecule has 0 aliphatic carbocycles. The first-order valence-electron chi connectivity index (χ1n) is 9.25. The van der Waals surface area contributed by atoms with Crippen LogP contribution in [0, 0.1) is 12.7 Å². The van der Waals surface area contributed by atoms with Crippen LogP contribution in [-0.4, -0.2) is 53.6 Å². The van der Waals surface area contributed by atoms with Gasteiger partial charge in [0.1, 0.15) is 5.75 Å². The lowest BCUT2D eigenvalue weighted by atomic mass is 10.1. The molecule has 1 aliphatic heterocycles. The molecule has 0 spiro atoms. The first-order valence-corrected chi connectivity index (χ1v) is 9.25. The van der Waals surface area contributed by atoms with E-state index >= 15 is 0 Å². The van der Waals surface area contributed by atoms with Crippen LogP contribution in [0.15, 0.2) is 36.5 Å². The Morgan fingerprint density at radius 1 is 1.14 bits per heavy atom. The van der Waals surface area contributed by atoms with E-state index in [0.29, 0.717) is 38.1 Å². The Morgan fingerprint density at radius 3 is 2.62 bits per heavy atom. The summed E-state index contributed by atoms with van der Waals surface area (Å²) >= 11 is 0. The number of morpholine rings is 1. The first kappa shape index (κ1) is 19.0. The van der Waals surface area contributed by atoms with Gasteiger partial charge in [-0.15, -0.1) is 5.10 Å². The van der Waals surface area contributed by atoms with Crippen LogP contribution in [0.5, 0.6) is 5.75 Å². The molecule has 0 radical (unpaired) electrons. The Kier molecular flexibility index (Phi) is 5.48. The maximum absolute atomic E-state index is 14.3. The fraction of sp³-hybridized carbons (Fsp3) is 0.300. The second-order valence-electron chi connectivity index (χ2n) is 6.55. The number of anilines is 3. The molecule has 4 rings (SSSR count). The number of nitrogens with zero attached hydrogens (tertiary/aromatic N) is 5. The van der Waals surface area contributed by atoms with Crippen LogP contribution >= 0.6 is 0 Å².